The van der Waals surface area contributed by atoms with Gasteiger partial charge in [-0.1, -0.05) is 44.2 Å². The monoisotopic (exact) mass is 377 g/mol. The maximum absolute atomic E-state index is 4.63. The highest BCUT2D eigenvalue weighted by Crippen LogP contribution is 2.28. The molecule has 0 bridgehead atoms. The number of aromatic nitrogens is 4. The van der Waals surface area contributed by atoms with Gasteiger partial charge in [0.1, 0.15) is 0 Å². The largest absolute Gasteiger partial charge is 0.333 e. The van der Waals surface area contributed by atoms with E-state index in [1.807, 2.05) is 12.5 Å². The molecule has 1 aliphatic rings. The van der Waals surface area contributed by atoms with Crippen LogP contribution in [0.25, 0.3) is 0 Å². The van der Waals surface area contributed by atoms with Gasteiger partial charge in [0, 0.05) is 37.3 Å². The van der Waals surface area contributed by atoms with Gasteiger partial charge in [0.2, 0.25) is 0 Å². The number of H-pyrrole nitrogens is 1. The van der Waals surface area contributed by atoms with Crippen molar-refractivity contribution in [2.75, 3.05) is 13.1 Å². The van der Waals surface area contributed by atoms with Crippen molar-refractivity contribution in [3.8, 4) is 0 Å². The zero-order valence-electron chi connectivity index (χ0n) is 17.0. The van der Waals surface area contributed by atoms with Gasteiger partial charge in [-0.2, -0.15) is 5.10 Å². The van der Waals surface area contributed by atoms with Gasteiger partial charge in [-0.15, -0.1) is 0 Å². The highest BCUT2D eigenvalue weighted by molar-refractivity contribution is 5.23. The van der Waals surface area contributed by atoms with Crippen molar-refractivity contribution in [1.29, 1.82) is 0 Å². The van der Waals surface area contributed by atoms with Crippen LogP contribution in [0.15, 0.2) is 48.9 Å². The van der Waals surface area contributed by atoms with Crippen LogP contribution in [-0.4, -0.2) is 37.7 Å². The van der Waals surface area contributed by atoms with E-state index in [1.165, 1.54) is 35.5 Å². The average molecular weight is 378 g/mol. The van der Waals surface area contributed by atoms with Gasteiger partial charge in [0.05, 0.1) is 17.7 Å². The summed E-state index contributed by atoms with van der Waals surface area (Å²) in [6.45, 7) is 8.80. The summed E-state index contributed by atoms with van der Waals surface area (Å²) in [7, 11) is 0. The number of imidazole rings is 1. The summed E-state index contributed by atoms with van der Waals surface area (Å²) in [4.78, 5) is 6.92. The van der Waals surface area contributed by atoms with Gasteiger partial charge in [-0.3, -0.25) is 10.00 Å². The lowest BCUT2D eigenvalue weighted by atomic mass is 9.93. The Bertz CT molecular complexity index is 856. The molecule has 5 heteroatoms. The molecule has 1 aliphatic heterocycles. The molecule has 5 nitrogen and oxygen atoms in total. The summed E-state index contributed by atoms with van der Waals surface area (Å²) in [5.74, 6) is 1.21. The SMILES string of the molecule is CC(C)Cn1cncc1CN1CCC(c2cc(Cc3ccccc3)[nH]n2)CC1. The summed E-state index contributed by atoms with van der Waals surface area (Å²) >= 11 is 0. The van der Waals surface area contributed by atoms with E-state index in [0.717, 1.165) is 32.6 Å². The molecule has 3 aromatic rings. The Hall–Kier alpha value is -2.40. The molecule has 3 heterocycles. The Morgan fingerprint density at radius 2 is 1.93 bits per heavy atom. The molecule has 1 N–H and O–H groups in total. The third kappa shape index (κ3) is 4.71. The van der Waals surface area contributed by atoms with Crippen LogP contribution in [0.1, 0.15) is 55.3 Å². The Balaban J connectivity index is 1.30. The van der Waals surface area contributed by atoms with Crippen molar-refractivity contribution in [1.82, 2.24) is 24.6 Å². The van der Waals surface area contributed by atoms with E-state index in [4.69, 9.17) is 0 Å². The average Bonchev–Trinajstić information content (AvgIpc) is 3.33. The number of piperidine rings is 1. The second-order valence-corrected chi connectivity index (χ2v) is 8.46. The van der Waals surface area contributed by atoms with E-state index in [0.29, 0.717) is 11.8 Å². The van der Waals surface area contributed by atoms with Crippen LogP contribution < -0.4 is 0 Å². The van der Waals surface area contributed by atoms with Gasteiger partial charge in [0.25, 0.3) is 0 Å². The maximum atomic E-state index is 4.63. The number of hydrogen-bond donors (Lipinski definition) is 1. The van der Waals surface area contributed by atoms with Crippen LogP contribution in [0.4, 0.5) is 0 Å². The van der Waals surface area contributed by atoms with Crippen molar-refractivity contribution in [3.05, 3.63) is 71.6 Å². The fourth-order valence-corrected chi connectivity index (χ4v) is 4.15. The summed E-state index contributed by atoms with van der Waals surface area (Å²) in [6, 6.07) is 12.9. The second kappa shape index (κ2) is 8.74. The molecule has 0 atom stereocenters. The van der Waals surface area contributed by atoms with E-state index >= 15 is 0 Å². The highest BCUT2D eigenvalue weighted by Gasteiger charge is 2.23. The minimum Gasteiger partial charge on any atom is -0.333 e. The molecule has 2 aromatic heterocycles. The first-order valence-electron chi connectivity index (χ1n) is 10.5. The van der Waals surface area contributed by atoms with Gasteiger partial charge >= 0.3 is 0 Å². The molecule has 1 saturated heterocycles. The van der Waals surface area contributed by atoms with Crippen LogP contribution in [0.5, 0.6) is 0 Å². The lowest BCUT2D eigenvalue weighted by molar-refractivity contribution is 0.198. The molecule has 0 unspecified atom stereocenters. The zero-order chi connectivity index (χ0) is 19.3. The molecular weight excluding hydrogens is 346 g/mol. The summed E-state index contributed by atoms with van der Waals surface area (Å²) in [6.07, 6.45) is 7.27. The Morgan fingerprint density at radius 1 is 1.14 bits per heavy atom. The third-order valence-electron chi connectivity index (χ3n) is 5.64. The van der Waals surface area contributed by atoms with E-state index in [9.17, 15) is 0 Å². The topological polar surface area (TPSA) is 49.7 Å². The summed E-state index contributed by atoms with van der Waals surface area (Å²) in [5.41, 5.74) is 5.10. The van der Waals surface area contributed by atoms with E-state index in [-0.39, 0.29) is 0 Å². The summed E-state index contributed by atoms with van der Waals surface area (Å²) in [5, 5.41) is 7.88. The van der Waals surface area contributed by atoms with E-state index in [1.54, 1.807) is 0 Å². The number of rotatable bonds is 7. The lowest BCUT2D eigenvalue weighted by Crippen LogP contribution is -2.33. The van der Waals surface area contributed by atoms with Crippen molar-refractivity contribution < 1.29 is 0 Å². The van der Waals surface area contributed by atoms with Crippen molar-refractivity contribution >= 4 is 0 Å². The minimum atomic E-state index is 0.567. The predicted molar refractivity (Wildman–Crippen MR) is 112 cm³/mol. The molecular formula is C23H31N5. The number of benzene rings is 1. The van der Waals surface area contributed by atoms with Crippen molar-refractivity contribution in [2.24, 2.45) is 5.92 Å². The lowest BCUT2D eigenvalue weighted by Gasteiger charge is -2.31. The molecule has 0 aliphatic carbocycles. The van der Waals surface area contributed by atoms with Gasteiger partial charge in [-0.25, -0.2) is 4.98 Å². The molecule has 1 aromatic carbocycles. The minimum absolute atomic E-state index is 0.567. The van der Waals surface area contributed by atoms with Gasteiger partial charge < -0.3 is 4.57 Å². The van der Waals surface area contributed by atoms with Crippen LogP contribution in [0.3, 0.4) is 0 Å². The fourth-order valence-electron chi connectivity index (χ4n) is 4.15. The van der Waals surface area contributed by atoms with Crippen molar-refractivity contribution in [3.63, 3.8) is 0 Å². The number of nitrogens with one attached hydrogen (secondary N) is 1. The Labute approximate surface area is 167 Å². The highest BCUT2D eigenvalue weighted by atomic mass is 15.2. The van der Waals surface area contributed by atoms with Crippen molar-refractivity contribution in [2.45, 2.75) is 52.1 Å². The van der Waals surface area contributed by atoms with Crippen LogP contribution >= 0.6 is 0 Å². The van der Waals surface area contributed by atoms with Crippen LogP contribution in [0, 0.1) is 5.92 Å². The van der Waals surface area contributed by atoms with Crippen LogP contribution in [0.2, 0.25) is 0 Å². The first-order valence-corrected chi connectivity index (χ1v) is 10.5. The number of nitrogens with zero attached hydrogens (tertiary/aromatic N) is 4. The first kappa shape index (κ1) is 18.9. The van der Waals surface area contributed by atoms with Gasteiger partial charge in [0.15, 0.2) is 0 Å². The van der Waals surface area contributed by atoms with Gasteiger partial charge in [-0.05, 0) is 43.5 Å². The molecule has 28 heavy (non-hydrogen) atoms. The fraction of sp³-hybridized carbons (Fsp3) is 0.478. The molecule has 0 radical (unpaired) electrons. The summed E-state index contributed by atoms with van der Waals surface area (Å²) < 4.78 is 2.31. The molecule has 1 fully saturated rings. The number of hydrogen-bond acceptors (Lipinski definition) is 3. The predicted octanol–water partition coefficient (Wildman–Crippen LogP) is 4.23. The smallest absolute Gasteiger partial charge is 0.0948 e. The first-order chi connectivity index (χ1) is 13.7. The zero-order valence-corrected chi connectivity index (χ0v) is 17.0. The molecule has 0 amide bonds. The number of likely N-dealkylation sites (tertiary alicyclic amines) is 1. The van der Waals surface area contributed by atoms with E-state index < -0.39 is 0 Å². The Kier molecular flexibility index (Phi) is 5.91. The number of aromatic amines is 1. The normalized spacial score (nSPS) is 16.1. The molecule has 0 spiro atoms. The molecule has 148 valence electrons. The molecule has 4 rings (SSSR count). The molecule has 0 saturated carbocycles. The standard InChI is InChI=1S/C23H31N5/c1-18(2)15-28-17-24-14-22(28)16-27-10-8-20(9-11-27)23-13-21(25-26-23)12-19-6-4-3-5-7-19/h3-7,13-14,17-18,20H,8-12,15-16H2,1-2H3,(H,25,26). The quantitative estimate of drug-likeness (QED) is 0.670. The van der Waals surface area contributed by atoms with Crippen LogP contribution in [-0.2, 0) is 19.5 Å². The second-order valence-electron chi connectivity index (χ2n) is 8.46. The Morgan fingerprint density at radius 3 is 2.68 bits per heavy atom. The van der Waals surface area contributed by atoms with E-state index in [2.05, 4.69) is 74.9 Å². The third-order valence-corrected chi connectivity index (χ3v) is 5.64. The maximum Gasteiger partial charge on any atom is 0.0948 e.